The average Bonchev–Trinajstić information content (AvgIpc) is 2.66. The van der Waals surface area contributed by atoms with Crippen LogP contribution in [-0.2, 0) is 9.53 Å². The molecule has 0 radical (unpaired) electrons. The smallest absolute Gasteiger partial charge is 0.317 e. The van der Waals surface area contributed by atoms with Crippen molar-refractivity contribution in [3.8, 4) is 5.75 Å². The van der Waals surface area contributed by atoms with Crippen molar-refractivity contribution < 1.29 is 14.3 Å². The molecular weight excluding hydrogens is 192 g/mol. The van der Waals surface area contributed by atoms with Crippen molar-refractivity contribution >= 4 is 5.97 Å². The zero-order chi connectivity index (χ0) is 10.8. The number of carbonyl (C=O) groups excluding carboxylic acids is 1. The first kappa shape index (κ1) is 9.77. The molecule has 0 saturated carbocycles. The number of ether oxygens (including phenoxy) is 2. The van der Waals surface area contributed by atoms with Gasteiger partial charge in [-0.1, -0.05) is 30.9 Å². The number of para-hydroxylation sites is 1. The molecule has 0 unspecified atom stereocenters. The standard InChI is InChI=1S/C12H12O3/c1-3-9-11(12(13)14-2)8-6-4-5-7-10(8)15-9/h3-7,9,11H,1H2,2H3/t9-,11-/m1/s1. The van der Waals surface area contributed by atoms with Crippen LogP contribution in [0.25, 0.3) is 0 Å². The molecule has 0 bridgehead atoms. The third kappa shape index (κ3) is 1.50. The summed E-state index contributed by atoms with van der Waals surface area (Å²) in [6.45, 7) is 3.66. The summed E-state index contributed by atoms with van der Waals surface area (Å²) in [5, 5.41) is 0. The van der Waals surface area contributed by atoms with Crippen molar-refractivity contribution in [3.63, 3.8) is 0 Å². The van der Waals surface area contributed by atoms with Crippen LogP contribution in [-0.4, -0.2) is 19.2 Å². The van der Waals surface area contributed by atoms with Gasteiger partial charge in [0.1, 0.15) is 17.8 Å². The molecule has 2 atom stereocenters. The Morgan fingerprint density at radius 2 is 2.27 bits per heavy atom. The van der Waals surface area contributed by atoms with E-state index in [-0.39, 0.29) is 18.0 Å². The second-order valence-corrected chi connectivity index (χ2v) is 3.36. The van der Waals surface area contributed by atoms with Crippen LogP contribution >= 0.6 is 0 Å². The summed E-state index contributed by atoms with van der Waals surface area (Å²) in [5.41, 5.74) is 0.870. The number of methoxy groups -OCH3 is 1. The Morgan fingerprint density at radius 1 is 1.53 bits per heavy atom. The lowest BCUT2D eigenvalue weighted by molar-refractivity contribution is -0.143. The highest BCUT2D eigenvalue weighted by Gasteiger charge is 2.38. The van der Waals surface area contributed by atoms with Crippen LogP contribution in [0.15, 0.2) is 36.9 Å². The summed E-state index contributed by atoms with van der Waals surface area (Å²) < 4.78 is 10.3. The molecule has 0 saturated heterocycles. The topological polar surface area (TPSA) is 35.5 Å². The lowest BCUT2D eigenvalue weighted by Crippen LogP contribution is -2.24. The molecule has 1 heterocycles. The van der Waals surface area contributed by atoms with E-state index in [4.69, 9.17) is 9.47 Å². The Kier molecular flexibility index (Phi) is 2.46. The van der Waals surface area contributed by atoms with Crippen molar-refractivity contribution in [3.05, 3.63) is 42.5 Å². The Balaban J connectivity index is 2.42. The van der Waals surface area contributed by atoms with E-state index < -0.39 is 0 Å². The lowest BCUT2D eigenvalue weighted by Gasteiger charge is -2.12. The highest BCUT2D eigenvalue weighted by Crippen LogP contribution is 2.38. The molecule has 15 heavy (non-hydrogen) atoms. The van der Waals surface area contributed by atoms with Crippen molar-refractivity contribution in [2.75, 3.05) is 7.11 Å². The zero-order valence-electron chi connectivity index (χ0n) is 8.47. The molecule has 78 valence electrons. The second kappa shape index (κ2) is 3.77. The van der Waals surface area contributed by atoms with Crippen LogP contribution in [0.4, 0.5) is 0 Å². The normalized spacial score (nSPS) is 22.7. The van der Waals surface area contributed by atoms with Crippen molar-refractivity contribution in [2.45, 2.75) is 12.0 Å². The maximum atomic E-state index is 11.6. The summed E-state index contributed by atoms with van der Waals surface area (Å²) in [7, 11) is 1.38. The monoisotopic (exact) mass is 204 g/mol. The third-order valence-corrected chi connectivity index (χ3v) is 2.53. The van der Waals surface area contributed by atoms with E-state index in [1.54, 1.807) is 6.08 Å². The van der Waals surface area contributed by atoms with Gasteiger partial charge in [-0.25, -0.2) is 0 Å². The van der Waals surface area contributed by atoms with E-state index in [1.165, 1.54) is 7.11 Å². The minimum Gasteiger partial charge on any atom is -0.485 e. The van der Waals surface area contributed by atoms with Crippen LogP contribution in [0.3, 0.4) is 0 Å². The van der Waals surface area contributed by atoms with E-state index in [2.05, 4.69) is 6.58 Å². The number of rotatable bonds is 2. The number of fused-ring (bicyclic) bond motifs is 1. The number of esters is 1. The van der Waals surface area contributed by atoms with Crippen molar-refractivity contribution in [1.82, 2.24) is 0 Å². The molecule has 0 N–H and O–H groups in total. The molecule has 0 amide bonds. The number of benzene rings is 1. The Hall–Kier alpha value is -1.77. The molecule has 2 rings (SSSR count). The van der Waals surface area contributed by atoms with Gasteiger partial charge in [0.2, 0.25) is 0 Å². The minimum absolute atomic E-state index is 0.287. The molecule has 3 heteroatoms. The van der Waals surface area contributed by atoms with E-state index in [9.17, 15) is 4.79 Å². The molecule has 1 aliphatic rings. The van der Waals surface area contributed by atoms with E-state index >= 15 is 0 Å². The third-order valence-electron chi connectivity index (χ3n) is 2.53. The number of carbonyl (C=O) groups is 1. The Labute approximate surface area is 88.3 Å². The first-order valence-electron chi connectivity index (χ1n) is 4.74. The van der Waals surface area contributed by atoms with Gasteiger partial charge in [0.25, 0.3) is 0 Å². The van der Waals surface area contributed by atoms with Crippen LogP contribution in [0.5, 0.6) is 5.75 Å². The SMILES string of the molecule is C=C[C@H]1Oc2ccccc2[C@H]1C(=O)OC. The second-order valence-electron chi connectivity index (χ2n) is 3.36. The molecule has 1 aliphatic heterocycles. The summed E-state index contributed by atoms with van der Waals surface area (Å²) in [4.78, 5) is 11.6. The largest absolute Gasteiger partial charge is 0.485 e. The van der Waals surface area contributed by atoms with Crippen molar-refractivity contribution in [2.24, 2.45) is 0 Å². The van der Waals surface area contributed by atoms with Crippen LogP contribution < -0.4 is 4.74 Å². The molecule has 3 nitrogen and oxygen atoms in total. The highest BCUT2D eigenvalue weighted by molar-refractivity contribution is 5.81. The van der Waals surface area contributed by atoms with Gasteiger partial charge in [-0.2, -0.15) is 0 Å². The molecule has 0 aliphatic carbocycles. The maximum Gasteiger partial charge on any atom is 0.317 e. The van der Waals surface area contributed by atoms with Crippen LogP contribution in [0.2, 0.25) is 0 Å². The fraction of sp³-hybridized carbons (Fsp3) is 0.250. The van der Waals surface area contributed by atoms with Crippen molar-refractivity contribution in [1.29, 1.82) is 0 Å². The predicted molar refractivity (Wildman–Crippen MR) is 55.8 cm³/mol. The summed E-state index contributed by atoms with van der Waals surface area (Å²) in [6.07, 6.45) is 1.30. The van der Waals surface area contributed by atoms with E-state index in [1.807, 2.05) is 24.3 Å². The van der Waals surface area contributed by atoms with Gasteiger partial charge >= 0.3 is 5.97 Å². The van der Waals surface area contributed by atoms with Gasteiger partial charge in [0.05, 0.1) is 7.11 Å². The lowest BCUT2D eigenvalue weighted by atomic mass is 9.96. The summed E-state index contributed by atoms with van der Waals surface area (Å²) in [6, 6.07) is 7.47. The predicted octanol–water partition coefficient (Wildman–Crippen LogP) is 1.89. The van der Waals surface area contributed by atoms with Crippen LogP contribution in [0.1, 0.15) is 11.5 Å². The number of hydrogen-bond acceptors (Lipinski definition) is 3. The molecule has 0 fully saturated rings. The minimum atomic E-state index is -0.385. The van der Waals surface area contributed by atoms with Gasteiger partial charge in [-0.3, -0.25) is 4.79 Å². The van der Waals surface area contributed by atoms with Crippen LogP contribution in [0, 0.1) is 0 Å². The fourth-order valence-electron chi connectivity index (χ4n) is 1.81. The van der Waals surface area contributed by atoms with Gasteiger partial charge < -0.3 is 9.47 Å². The molecule has 1 aromatic carbocycles. The molecule has 0 spiro atoms. The van der Waals surface area contributed by atoms with Gasteiger partial charge in [-0.15, -0.1) is 0 Å². The Morgan fingerprint density at radius 3 is 2.93 bits per heavy atom. The molecule has 1 aromatic rings. The fourth-order valence-corrected chi connectivity index (χ4v) is 1.81. The highest BCUT2D eigenvalue weighted by atomic mass is 16.5. The Bertz CT molecular complexity index is 398. The maximum absolute atomic E-state index is 11.6. The summed E-state index contributed by atoms with van der Waals surface area (Å²) >= 11 is 0. The zero-order valence-corrected chi connectivity index (χ0v) is 8.47. The molecule has 0 aromatic heterocycles. The average molecular weight is 204 g/mol. The summed E-state index contributed by atoms with van der Waals surface area (Å²) in [5.74, 6) is 0.0614. The van der Waals surface area contributed by atoms with E-state index in [0.29, 0.717) is 0 Å². The first-order chi connectivity index (χ1) is 7.27. The molecular formula is C12H12O3. The van der Waals surface area contributed by atoms with E-state index in [0.717, 1.165) is 11.3 Å². The first-order valence-corrected chi connectivity index (χ1v) is 4.74. The van der Waals surface area contributed by atoms with Gasteiger partial charge in [0, 0.05) is 5.56 Å². The number of hydrogen-bond donors (Lipinski definition) is 0. The van der Waals surface area contributed by atoms with Gasteiger partial charge in [0.15, 0.2) is 0 Å². The quantitative estimate of drug-likeness (QED) is 0.545. The van der Waals surface area contributed by atoms with Gasteiger partial charge in [-0.05, 0) is 6.07 Å².